The van der Waals surface area contributed by atoms with Gasteiger partial charge < -0.3 is 9.47 Å². The summed E-state index contributed by atoms with van der Waals surface area (Å²) in [6.45, 7) is 2.90. The molecule has 0 saturated heterocycles. The molecule has 0 saturated carbocycles. The van der Waals surface area contributed by atoms with Gasteiger partial charge in [0.05, 0.1) is 11.6 Å². The van der Waals surface area contributed by atoms with E-state index in [2.05, 4.69) is 9.88 Å². The molecule has 1 aromatic carbocycles. The molecule has 3 rings (SSSR count). The highest BCUT2D eigenvalue weighted by atomic mass is 35.5. The highest BCUT2D eigenvalue weighted by Crippen LogP contribution is 2.36. The summed E-state index contributed by atoms with van der Waals surface area (Å²) in [6, 6.07) is 5.82. The van der Waals surface area contributed by atoms with Crippen LogP contribution in [0.25, 0.3) is 10.9 Å². The van der Waals surface area contributed by atoms with E-state index < -0.39 is 0 Å². The number of benzene rings is 1. The predicted molar refractivity (Wildman–Crippen MR) is 74.5 cm³/mol. The Hall–Kier alpha value is -1.36. The Kier molecular flexibility index (Phi) is 3.55. The molecule has 0 aliphatic carbocycles. The molecular formula is C14H15ClN2O2. The first-order valence-electron chi connectivity index (χ1n) is 6.20. The topological polar surface area (TPSA) is 34.6 Å². The normalized spacial score (nSPS) is 15.3. The number of rotatable bonds is 3. The number of nitrogens with zero attached hydrogens (tertiary/aromatic N) is 2. The van der Waals surface area contributed by atoms with E-state index in [1.165, 1.54) is 0 Å². The van der Waals surface area contributed by atoms with Crippen molar-refractivity contribution in [3.63, 3.8) is 0 Å². The lowest BCUT2D eigenvalue weighted by molar-refractivity contribution is 0.0666. The molecule has 4 nitrogen and oxygen atoms in total. The van der Waals surface area contributed by atoms with Crippen molar-refractivity contribution in [3.8, 4) is 5.75 Å². The lowest BCUT2D eigenvalue weighted by Crippen LogP contribution is -2.34. The lowest BCUT2D eigenvalue weighted by atomic mass is 10.1. The summed E-state index contributed by atoms with van der Waals surface area (Å²) in [7, 11) is 1.70. The summed E-state index contributed by atoms with van der Waals surface area (Å²) < 4.78 is 10.9. The predicted octanol–water partition coefficient (Wildman–Crippen LogP) is 2.69. The van der Waals surface area contributed by atoms with Crippen LogP contribution in [0.3, 0.4) is 0 Å². The smallest absolute Gasteiger partial charge is 0.152 e. The van der Waals surface area contributed by atoms with Crippen molar-refractivity contribution in [2.24, 2.45) is 0 Å². The summed E-state index contributed by atoms with van der Waals surface area (Å²) in [4.78, 5) is 6.57. The SMILES string of the molecule is COCCN1COc2c(cc(Cl)c3cccnc23)C1. The molecule has 100 valence electrons. The second kappa shape index (κ2) is 5.33. The molecule has 0 fully saturated rings. The molecule has 0 radical (unpaired) electrons. The summed E-state index contributed by atoms with van der Waals surface area (Å²) in [5, 5.41) is 1.66. The van der Waals surface area contributed by atoms with Crippen LogP contribution in [0.4, 0.5) is 0 Å². The standard InChI is InChI=1S/C14H15ClN2O2/c1-18-6-5-17-8-10-7-12(15)11-3-2-4-16-13(11)14(10)19-9-17/h2-4,7H,5-6,8-9H2,1H3. The van der Waals surface area contributed by atoms with E-state index in [1.807, 2.05) is 18.2 Å². The fraction of sp³-hybridized carbons (Fsp3) is 0.357. The van der Waals surface area contributed by atoms with Crippen LogP contribution < -0.4 is 4.74 Å². The van der Waals surface area contributed by atoms with Gasteiger partial charge in [0.1, 0.15) is 12.2 Å². The number of methoxy groups -OCH3 is 1. The molecule has 0 bridgehead atoms. The van der Waals surface area contributed by atoms with Gasteiger partial charge >= 0.3 is 0 Å². The number of pyridine rings is 1. The zero-order valence-corrected chi connectivity index (χ0v) is 11.5. The molecule has 1 aromatic heterocycles. The Labute approximate surface area is 116 Å². The van der Waals surface area contributed by atoms with E-state index in [1.54, 1.807) is 13.3 Å². The van der Waals surface area contributed by atoms with Gasteiger partial charge in [-0.3, -0.25) is 9.88 Å². The van der Waals surface area contributed by atoms with Gasteiger partial charge in [-0.1, -0.05) is 11.6 Å². The molecular weight excluding hydrogens is 264 g/mol. The molecule has 0 amide bonds. The van der Waals surface area contributed by atoms with Crippen LogP contribution in [0.15, 0.2) is 24.4 Å². The Morgan fingerprint density at radius 1 is 1.53 bits per heavy atom. The molecule has 1 aliphatic heterocycles. The van der Waals surface area contributed by atoms with Crippen LogP contribution in [-0.2, 0) is 11.3 Å². The number of fused-ring (bicyclic) bond motifs is 3. The van der Waals surface area contributed by atoms with Crippen LogP contribution in [0.2, 0.25) is 5.02 Å². The van der Waals surface area contributed by atoms with E-state index in [0.29, 0.717) is 13.3 Å². The van der Waals surface area contributed by atoms with Gasteiger partial charge in [0, 0.05) is 37.3 Å². The fourth-order valence-corrected chi connectivity index (χ4v) is 2.60. The average molecular weight is 279 g/mol. The van der Waals surface area contributed by atoms with Gasteiger partial charge in [-0.05, 0) is 18.2 Å². The number of hydrogen-bond donors (Lipinski definition) is 0. The monoisotopic (exact) mass is 278 g/mol. The largest absolute Gasteiger partial charge is 0.475 e. The van der Waals surface area contributed by atoms with Crippen molar-refractivity contribution >= 4 is 22.5 Å². The maximum Gasteiger partial charge on any atom is 0.152 e. The second-order valence-electron chi connectivity index (χ2n) is 4.56. The molecule has 2 heterocycles. The van der Waals surface area contributed by atoms with Gasteiger partial charge in [-0.2, -0.15) is 0 Å². The molecule has 5 heteroatoms. The summed E-state index contributed by atoms with van der Waals surface area (Å²) in [6.07, 6.45) is 1.76. The van der Waals surface area contributed by atoms with Gasteiger partial charge in [0.2, 0.25) is 0 Å². The lowest BCUT2D eigenvalue weighted by Gasteiger charge is -2.29. The Bertz CT molecular complexity index is 603. The van der Waals surface area contributed by atoms with E-state index >= 15 is 0 Å². The van der Waals surface area contributed by atoms with Crippen LogP contribution in [-0.4, -0.2) is 36.9 Å². The van der Waals surface area contributed by atoms with Crippen LogP contribution in [0.5, 0.6) is 5.75 Å². The second-order valence-corrected chi connectivity index (χ2v) is 4.97. The van der Waals surface area contributed by atoms with Crippen molar-refractivity contribution in [2.45, 2.75) is 6.54 Å². The van der Waals surface area contributed by atoms with E-state index in [4.69, 9.17) is 21.1 Å². The van der Waals surface area contributed by atoms with Crippen molar-refractivity contribution < 1.29 is 9.47 Å². The van der Waals surface area contributed by atoms with E-state index in [0.717, 1.165) is 40.3 Å². The number of hydrogen-bond acceptors (Lipinski definition) is 4. The first-order valence-corrected chi connectivity index (χ1v) is 6.57. The summed E-state index contributed by atoms with van der Waals surface area (Å²) >= 11 is 6.31. The molecule has 0 spiro atoms. The first kappa shape index (κ1) is 12.7. The minimum atomic E-state index is 0.559. The van der Waals surface area contributed by atoms with Gasteiger partial charge in [-0.25, -0.2) is 0 Å². The number of halogens is 1. The first-order chi connectivity index (χ1) is 9.29. The van der Waals surface area contributed by atoms with Crippen molar-refractivity contribution in [1.29, 1.82) is 0 Å². The van der Waals surface area contributed by atoms with Crippen molar-refractivity contribution in [3.05, 3.63) is 35.0 Å². The molecule has 19 heavy (non-hydrogen) atoms. The van der Waals surface area contributed by atoms with Crippen LogP contribution in [0.1, 0.15) is 5.56 Å². The highest BCUT2D eigenvalue weighted by molar-refractivity contribution is 6.35. The molecule has 0 N–H and O–H groups in total. The third kappa shape index (κ3) is 2.39. The minimum absolute atomic E-state index is 0.559. The zero-order valence-electron chi connectivity index (χ0n) is 10.7. The maximum atomic E-state index is 6.31. The summed E-state index contributed by atoms with van der Waals surface area (Å²) in [5.74, 6) is 0.855. The maximum absolute atomic E-state index is 6.31. The number of ether oxygens (including phenoxy) is 2. The summed E-state index contributed by atoms with van der Waals surface area (Å²) in [5.41, 5.74) is 1.93. The molecule has 0 unspecified atom stereocenters. The van der Waals surface area contributed by atoms with E-state index in [-0.39, 0.29) is 0 Å². The highest BCUT2D eigenvalue weighted by Gasteiger charge is 2.21. The van der Waals surface area contributed by atoms with Gasteiger partial charge in [0.15, 0.2) is 5.75 Å². The quantitative estimate of drug-likeness (QED) is 0.865. The van der Waals surface area contributed by atoms with Crippen LogP contribution in [0, 0.1) is 0 Å². The Morgan fingerprint density at radius 3 is 3.26 bits per heavy atom. The third-order valence-electron chi connectivity index (χ3n) is 3.27. The number of aromatic nitrogens is 1. The van der Waals surface area contributed by atoms with Crippen LogP contribution >= 0.6 is 11.6 Å². The Balaban J connectivity index is 1.98. The van der Waals surface area contributed by atoms with E-state index in [9.17, 15) is 0 Å². The third-order valence-corrected chi connectivity index (χ3v) is 3.58. The molecule has 0 atom stereocenters. The fourth-order valence-electron chi connectivity index (χ4n) is 2.31. The Morgan fingerprint density at radius 2 is 2.42 bits per heavy atom. The van der Waals surface area contributed by atoms with Gasteiger partial charge in [0.25, 0.3) is 0 Å². The van der Waals surface area contributed by atoms with Gasteiger partial charge in [-0.15, -0.1) is 0 Å². The average Bonchev–Trinajstić information content (AvgIpc) is 2.45. The van der Waals surface area contributed by atoms with Crippen molar-refractivity contribution in [1.82, 2.24) is 9.88 Å². The molecule has 1 aliphatic rings. The molecule has 2 aromatic rings. The minimum Gasteiger partial charge on any atom is -0.475 e. The zero-order chi connectivity index (χ0) is 13.2. The van der Waals surface area contributed by atoms with Crippen molar-refractivity contribution in [2.75, 3.05) is 27.0 Å².